The van der Waals surface area contributed by atoms with Gasteiger partial charge in [-0.3, -0.25) is 9.80 Å². The first-order valence-electron chi connectivity index (χ1n) is 6.11. The summed E-state index contributed by atoms with van der Waals surface area (Å²) in [6.07, 6.45) is 1.08. The van der Waals surface area contributed by atoms with Gasteiger partial charge < -0.3 is 14.9 Å². The number of nitrogens with zero attached hydrogens (tertiary/aromatic N) is 2. The van der Waals surface area contributed by atoms with Crippen LogP contribution >= 0.6 is 0 Å². The summed E-state index contributed by atoms with van der Waals surface area (Å²) in [6, 6.07) is 0. The summed E-state index contributed by atoms with van der Waals surface area (Å²) in [5.41, 5.74) is 0. The van der Waals surface area contributed by atoms with E-state index in [2.05, 4.69) is 9.80 Å². The molecule has 0 unspecified atom stereocenters. The average molecular weight is 232 g/mol. The van der Waals surface area contributed by atoms with E-state index in [0.29, 0.717) is 13.1 Å². The predicted molar refractivity (Wildman–Crippen MR) is 62.5 cm³/mol. The lowest BCUT2D eigenvalue weighted by molar-refractivity contribution is 0.0356. The third-order valence-corrected chi connectivity index (χ3v) is 2.88. The minimum absolute atomic E-state index is 0.164. The molecule has 0 radical (unpaired) electrons. The molecule has 1 aliphatic heterocycles. The fourth-order valence-corrected chi connectivity index (χ4v) is 1.96. The Balaban J connectivity index is 2.06. The molecule has 1 rings (SSSR count). The van der Waals surface area contributed by atoms with E-state index in [1.54, 1.807) is 0 Å². The highest BCUT2D eigenvalue weighted by Gasteiger charge is 2.10. The Morgan fingerprint density at radius 2 is 1.62 bits per heavy atom. The molecule has 16 heavy (non-hydrogen) atoms. The molecular formula is C11H24N2O3. The molecule has 1 saturated heterocycles. The number of hydrogen-bond donors (Lipinski definition) is 2. The highest BCUT2D eigenvalue weighted by atomic mass is 16.5. The van der Waals surface area contributed by atoms with E-state index in [1.807, 2.05) is 0 Å². The van der Waals surface area contributed by atoms with Gasteiger partial charge in [0.25, 0.3) is 0 Å². The van der Waals surface area contributed by atoms with Gasteiger partial charge in [0.15, 0.2) is 0 Å². The minimum atomic E-state index is 0.164. The first kappa shape index (κ1) is 13.9. The van der Waals surface area contributed by atoms with Gasteiger partial charge in [-0.2, -0.15) is 0 Å². The minimum Gasteiger partial charge on any atom is -0.395 e. The second kappa shape index (κ2) is 8.90. The highest BCUT2D eigenvalue weighted by Crippen LogP contribution is 1.99. The molecule has 1 aliphatic rings. The number of morpholine rings is 1. The lowest BCUT2D eigenvalue weighted by Gasteiger charge is -2.28. The van der Waals surface area contributed by atoms with Crippen LogP contribution in [-0.4, -0.2) is 85.7 Å². The Morgan fingerprint density at radius 1 is 1.00 bits per heavy atom. The Kier molecular flexibility index (Phi) is 7.71. The van der Waals surface area contributed by atoms with Gasteiger partial charge in [0.05, 0.1) is 26.4 Å². The Morgan fingerprint density at radius 3 is 2.19 bits per heavy atom. The Labute approximate surface area is 97.6 Å². The molecule has 0 atom stereocenters. The zero-order valence-electron chi connectivity index (χ0n) is 9.98. The summed E-state index contributed by atoms with van der Waals surface area (Å²) in [5.74, 6) is 0. The molecule has 0 saturated carbocycles. The summed E-state index contributed by atoms with van der Waals surface area (Å²) in [4.78, 5) is 4.50. The van der Waals surface area contributed by atoms with Gasteiger partial charge in [-0.1, -0.05) is 0 Å². The number of ether oxygens (including phenoxy) is 1. The van der Waals surface area contributed by atoms with Crippen LogP contribution < -0.4 is 0 Å². The molecule has 0 aromatic carbocycles. The smallest absolute Gasteiger partial charge is 0.0594 e. The number of hydrogen-bond acceptors (Lipinski definition) is 5. The topological polar surface area (TPSA) is 56.2 Å². The van der Waals surface area contributed by atoms with Gasteiger partial charge in [-0.05, 0) is 19.5 Å². The van der Waals surface area contributed by atoms with Gasteiger partial charge in [-0.15, -0.1) is 0 Å². The molecule has 0 bridgehead atoms. The predicted octanol–water partition coefficient (Wildman–Crippen LogP) is -1.00. The van der Waals surface area contributed by atoms with E-state index >= 15 is 0 Å². The summed E-state index contributed by atoms with van der Waals surface area (Å²) in [6.45, 7) is 7.41. The van der Waals surface area contributed by atoms with Crippen LogP contribution in [0.5, 0.6) is 0 Å². The lowest BCUT2D eigenvalue weighted by Crippen LogP contribution is -2.38. The number of rotatable bonds is 8. The van der Waals surface area contributed by atoms with Gasteiger partial charge in [0, 0.05) is 26.2 Å². The maximum Gasteiger partial charge on any atom is 0.0594 e. The molecule has 0 aromatic rings. The largest absolute Gasteiger partial charge is 0.395 e. The van der Waals surface area contributed by atoms with Crippen LogP contribution in [0.1, 0.15) is 6.42 Å². The monoisotopic (exact) mass is 232 g/mol. The third kappa shape index (κ3) is 5.77. The second-order valence-corrected chi connectivity index (χ2v) is 4.10. The van der Waals surface area contributed by atoms with Gasteiger partial charge in [0.1, 0.15) is 0 Å². The van der Waals surface area contributed by atoms with Crippen molar-refractivity contribution in [3.63, 3.8) is 0 Å². The van der Waals surface area contributed by atoms with Gasteiger partial charge >= 0.3 is 0 Å². The molecule has 5 heteroatoms. The number of aliphatic hydroxyl groups is 2. The van der Waals surface area contributed by atoms with Crippen molar-refractivity contribution in [2.24, 2.45) is 0 Å². The fraction of sp³-hybridized carbons (Fsp3) is 1.00. The molecule has 96 valence electrons. The first-order chi connectivity index (χ1) is 7.86. The van der Waals surface area contributed by atoms with E-state index in [4.69, 9.17) is 14.9 Å². The molecule has 0 spiro atoms. The van der Waals surface area contributed by atoms with Crippen LogP contribution in [-0.2, 0) is 4.74 Å². The van der Waals surface area contributed by atoms with Crippen LogP contribution in [0.2, 0.25) is 0 Å². The van der Waals surface area contributed by atoms with Crippen molar-refractivity contribution >= 4 is 0 Å². The van der Waals surface area contributed by atoms with Crippen LogP contribution in [0.3, 0.4) is 0 Å². The standard InChI is InChI=1S/C11H24N2O3/c14-8-4-12(5-9-15)2-1-3-13-6-10-16-11-7-13/h14-15H,1-11H2. The second-order valence-electron chi connectivity index (χ2n) is 4.10. The quantitative estimate of drug-likeness (QED) is 0.562. The fourth-order valence-electron chi connectivity index (χ4n) is 1.96. The van der Waals surface area contributed by atoms with Crippen molar-refractivity contribution in [1.29, 1.82) is 0 Å². The molecule has 0 aromatic heterocycles. The maximum atomic E-state index is 8.86. The summed E-state index contributed by atoms with van der Waals surface area (Å²) in [5, 5.41) is 17.7. The molecule has 0 aliphatic carbocycles. The third-order valence-electron chi connectivity index (χ3n) is 2.88. The van der Waals surface area contributed by atoms with Crippen molar-refractivity contribution in [2.45, 2.75) is 6.42 Å². The molecule has 1 heterocycles. The van der Waals surface area contributed by atoms with Gasteiger partial charge in [0.2, 0.25) is 0 Å². The summed E-state index contributed by atoms with van der Waals surface area (Å²) < 4.78 is 5.29. The zero-order valence-corrected chi connectivity index (χ0v) is 9.98. The average Bonchev–Trinajstić information content (AvgIpc) is 2.31. The molecule has 1 fully saturated rings. The lowest BCUT2D eigenvalue weighted by atomic mass is 10.3. The summed E-state index contributed by atoms with van der Waals surface area (Å²) in [7, 11) is 0. The number of aliphatic hydroxyl groups excluding tert-OH is 2. The highest BCUT2D eigenvalue weighted by molar-refractivity contribution is 4.64. The van der Waals surface area contributed by atoms with E-state index < -0.39 is 0 Å². The van der Waals surface area contributed by atoms with Crippen molar-refractivity contribution in [3.05, 3.63) is 0 Å². The van der Waals surface area contributed by atoms with Crippen molar-refractivity contribution in [2.75, 3.05) is 65.7 Å². The SMILES string of the molecule is OCCN(CCO)CCCN1CCOCC1. The van der Waals surface area contributed by atoms with E-state index in [-0.39, 0.29) is 13.2 Å². The van der Waals surface area contributed by atoms with Crippen LogP contribution in [0, 0.1) is 0 Å². The Hall–Kier alpha value is -0.200. The molecule has 5 nitrogen and oxygen atoms in total. The summed E-state index contributed by atoms with van der Waals surface area (Å²) >= 11 is 0. The Bertz CT molecular complexity index is 157. The maximum absolute atomic E-state index is 8.86. The normalized spacial score (nSPS) is 18.2. The van der Waals surface area contributed by atoms with Crippen LogP contribution in [0.4, 0.5) is 0 Å². The molecule has 2 N–H and O–H groups in total. The van der Waals surface area contributed by atoms with Crippen molar-refractivity contribution < 1.29 is 14.9 Å². The van der Waals surface area contributed by atoms with Crippen molar-refractivity contribution in [1.82, 2.24) is 9.80 Å². The van der Waals surface area contributed by atoms with Crippen molar-refractivity contribution in [3.8, 4) is 0 Å². The van der Waals surface area contributed by atoms with Crippen LogP contribution in [0.15, 0.2) is 0 Å². The van der Waals surface area contributed by atoms with Crippen LogP contribution in [0.25, 0.3) is 0 Å². The first-order valence-corrected chi connectivity index (χ1v) is 6.11. The zero-order chi connectivity index (χ0) is 11.6. The van der Waals surface area contributed by atoms with E-state index in [9.17, 15) is 0 Å². The van der Waals surface area contributed by atoms with E-state index in [1.165, 1.54) is 0 Å². The van der Waals surface area contributed by atoms with Gasteiger partial charge in [-0.25, -0.2) is 0 Å². The molecular weight excluding hydrogens is 208 g/mol. The molecule has 0 amide bonds. The van der Waals surface area contributed by atoms with E-state index in [0.717, 1.165) is 45.8 Å².